The average molecular weight is 207 g/mol. The third-order valence-electron chi connectivity index (χ3n) is 5.37. The summed E-state index contributed by atoms with van der Waals surface area (Å²) in [6.45, 7) is 2.23. The Hall–Kier alpha value is -0.530. The second kappa shape index (κ2) is 2.78. The Morgan fingerprint density at radius 3 is 2.33 bits per heavy atom. The third-order valence-corrected chi connectivity index (χ3v) is 5.37. The molecule has 0 aliphatic heterocycles. The molecule has 0 radical (unpaired) electrons. The predicted molar refractivity (Wildman–Crippen MR) is 54.8 cm³/mol. The van der Waals surface area contributed by atoms with Gasteiger partial charge < -0.3 is 9.90 Å². The number of carboxylic acids is 1. The van der Waals surface area contributed by atoms with Crippen molar-refractivity contribution in [2.24, 2.45) is 22.7 Å². The van der Waals surface area contributed by atoms with Gasteiger partial charge in [0.15, 0.2) is 0 Å². The Bertz CT molecular complexity index is 294. The highest BCUT2D eigenvalue weighted by Crippen LogP contribution is 2.66. The van der Waals surface area contributed by atoms with E-state index in [0.29, 0.717) is 17.3 Å². The van der Waals surface area contributed by atoms with Crippen LogP contribution in [0.1, 0.15) is 51.9 Å². The molecule has 0 aromatic heterocycles. The summed E-state index contributed by atoms with van der Waals surface area (Å²) in [6, 6.07) is 0. The van der Waals surface area contributed by atoms with Gasteiger partial charge in [0.05, 0.1) is 0 Å². The van der Waals surface area contributed by atoms with Gasteiger partial charge in [0, 0.05) is 11.4 Å². The van der Waals surface area contributed by atoms with Gasteiger partial charge in [0.2, 0.25) is 0 Å². The smallest absolute Gasteiger partial charge is 0.0476 e. The van der Waals surface area contributed by atoms with Crippen LogP contribution in [0.2, 0.25) is 0 Å². The van der Waals surface area contributed by atoms with E-state index in [-0.39, 0.29) is 0 Å². The van der Waals surface area contributed by atoms with Crippen molar-refractivity contribution in [2.45, 2.75) is 51.9 Å². The van der Waals surface area contributed by atoms with E-state index < -0.39 is 11.4 Å². The quantitative estimate of drug-likeness (QED) is 0.692. The second-order valence-electron chi connectivity index (χ2n) is 6.38. The van der Waals surface area contributed by atoms with Crippen LogP contribution in [0.5, 0.6) is 0 Å². The molecular formula is C13H19O2-. The highest BCUT2D eigenvalue weighted by atomic mass is 16.4. The maximum absolute atomic E-state index is 11.4. The Morgan fingerprint density at radius 1 is 1.27 bits per heavy atom. The summed E-state index contributed by atoms with van der Waals surface area (Å²) in [5.74, 6) is 0.614. The molecule has 0 aromatic rings. The number of rotatable bonds is 2. The summed E-state index contributed by atoms with van der Waals surface area (Å²) in [5, 5.41) is 11.4. The number of carbonyl (C=O) groups excluding carboxylic acids is 1. The van der Waals surface area contributed by atoms with Gasteiger partial charge in [-0.25, -0.2) is 0 Å². The minimum absolute atomic E-state index is 0.365. The summed E-state index contributed by atoms with van der Waals surface area (Å²) >= 11 is 0. The molecule has 0 aromatic carbocycles. The number of carboxylic acid groups (broad SMARTS) is 1. The maximum atomic E-state index is 11.4. The molecular weight excluding hydrogens is 188 g/mol. The largest absolute Gasteiger partial charge is 0.550 e. The van der Waals surface area contributed by atoms with Gasteiger partial charge in [-0.05, 0) is 55.8 Å². The number of carbonyl (C=O) groups is 1. The van der Waals surface area contributed by atoms with Crippen LogP contribution in [-0.2, 0) is 4.79 Å². The molecule has 15 heavy (non-hydrogen) atoms. The SMILES string of the molecule is CCC12C[C@H]3C[C@@H](C1)CC(C(=O)[O-])(C3)C2. The van der Waals surface area contributed by atoms with E-state index in [1.807, 2.05) is 0 Å². The van der Waals surface area contributed by atoms with E-state index in [4.69, 9.17) is 0 Å². The van der Waals surface area contributed by atoms with Crippen molar-refractivity contribution < 1.29 is 9.90 Å². The van der Waals surface area contributed by atoms with Crippen LogP contribution in [0, 0.1) is 22.7 Å². The van der Waals surface area contributed by atoms with Crippen molar-refractivity contribution >= 4 is 5.97 Å². The van der Waals surface area contributed by atoms with Crippen molar-refractivity contribution in [2.75, 3.05) is 0 Å². The standard InChI is InChI=1S/C13H20O2/c1-2-12-4-9-3-10(5-12)7-13(6-9,8-12)11(14)15/h9-10H,2-8H2,1H3,(H,14,15)/p-1/t9-,10+,12?,13?. The van der Waals surface area contributed by atoms with Crippen LogP contribution >= 0.6 is 0 Å². The van der Waals surface area contributed by atoms with Crippen LogP contribution in [0.3, 0.4) is 0 Å². The van der Waals surface area contributed by atoms with E-state index in [1.165, 1.54) is 19.3 Å². The number of hydrogen-bond donors (Lipinski definition) is 0. The van der Waals surface area contributed by atoms with Gasteiger partial charge >= 0.3 is 0 Å². The number of hydrogen-bond acceptors (Lipinski definition) is 2. The molecule has 0 saturated heterocycles. The molecule has 4 rings (SSSR count). The van der Waals surface area contributed by atoms with Gasteiger partial charge in [-0.3, -0.25) is 0 Å². The van der Waals surface area contributed by atoms with Gasteiger partial charge in [-0.2, -0.15) is 0 Å². The van der Waals surface area contributed by atoms with Crippen molar-refractivity contribution in [1.82, 2.24) is 0 Å². The zero-order valence-corrected chi connectivity index (χ0v) is 9.42. The Morgan fingerprint density at radius 2 is 1.87 bits per heavy atom. The molecule has 4 aliphatic carbocycles. The lowest BCUT2D eigenvalue weighted by Gasteiger charge is -2.62. The topological polar surface area (TPSA) is 40.1 Å². The summed E-state index contributed by atoms with van der Waals surface area (Å²) in [7, 11) is 0. The normalized spacial score (nSPS) is 52.1. The first-order valence-electron chi connectivity index (χ1n) is 6.29. The molecule has 0 N–H and O–H groups in total. The van der Waals surface area contributed by atoms with Crippen molar-refractivity contribution in [3.63, 3.8) is 0 Å². The predicted octanol–water partition coefficient (Wildman–Crippen LogP) is 1.73. The van der Waals surface area contributed by atoms with E-state index in [9.17, 15) is 9.90 Å². The van der Waals surface area contributed by atoms with E-state index in [1.54, 1.807) is 0 Å². The first-order chi connectivity index (χ1) is 7.07. The molecule has 4 saturated carbocycles. The summed E-state index contributed by atoms with van der Waals surface area (Å²) < 4.78 is 0. The van der Waals surface area contributed by atoms with Gasteiger partial charge in [-0.15, -0.1) is 0 Å². The maximum Gasteiger partial charge on any atom is 0.0476 e. The first kappa shape index (κ1) is 9.68. The van der Waals surface area contributed by atoms with Crippen LogP contribution in [0.25, 0.3) is 0 Å². The van der Waals surface area contributed by atoms with Gasteiger partial charge in [-0.1, -0.05) is 13.3 Å². The molecule has 0 amide bonds. The minimum Gasteiger partial charge on any atom is -0.550 e. The number of aliphatic carboxylic acids is 1. The van der Waals surface area contributed by atoms with E-state index >= 15 is 0 Å². The zero-order chi connectivity index (χ0) is 10.7. The lowest BCUT2D eigenvalue weighted by Crippen LogP contribution is -2.58. The summed E-state index contributed by atoms with van der Waals surface area (Å²) in [4.78, 5) is 11.4. The van der Waals surface area contributed by atoms with Gasteiger partial charge in [0.1, 0.15) is 0 Å². The molecule has 4 bridgehead atoms. The van der Waals surface area contributed by atoms with E-state index in [2.05, 4.69) is 6.92 Å². The highest BCUT2D eigenvalue weighted by Gasteiger charge is 2.57. The molecule has 4 fully saturated rings. The Balaban J connectivity index is 1.99. The van der Waals surface area contributed by atoms with Crippen LogP contribution in [-0.4, -0.2) is 5.97 Å². The lowest BCUT2D eigenvalue weighted by molar-refractivity contribution is -0.329. The van der Waals surface area contributed by atoms with Crippen molar-refractivity contribution in [3.8, 4) is 0 Å². The molecule has 2 unspecified atom stereocenters. The molecule has 0 spiro atoms. The molecule has 84 valence electrons. The second-order valence-corrected chi connectivity index (χ2v) is 6.38. The molecule has 4 atom stereocenters. The first-order valence-corrected chi connectivity index (χ1v) is 6.29. The Labute approximate surface area is 91.1 Å². The monoisotopic (exact) mass is 207 g/mol. The fraction of sp³-hybridized carbons (Fsp3) is 0.923. The Kier molecular flexibility index (Phi) is 1.79. The highest BCUT2D eigenvalue weighted by molar-refractivity contribution is 5.73. The molecule has 0 heterocycles. The molecule has 2 heteroatoms. The van der Waals surface area contributed by atoms with E-state index in [0.717, 1.165) is 25.7 Å². The molecule has 2 nitrogen and oxygen atoms in total. The third kappa shape index (κ3) is 1.20. The summed E-state index contributed by atoms with van der Waals surface area (Å²) in [5.41, 5.74) is -0.0652. The fourth-order valence-electron chi connectivity index (χ4n) is 5.10. The zero-order valence-electron chi connectivity index (χ0n) is 9.42. The minimum atomic E-state index is -0.755. The average Bonchev–Trinajstić information content (AvgIpc) is 2.15. The van der Waals surface area contributed by atoms with Crippen LogP contribution in [0.15, 0.2) is 0 Å². The van der Waals surface area contributed by atoms with Crippen molar-refractivity contribution in [1.29, 1.82) is 0 Å². The van der Waals surface area contributed by atoms with Gasteiger partial charge in [0.25, 0.3) is 0 Å². The summed E-state index contributed by atoms with van der Waals surface area (Å²) in [6.07, 6.45) is 7.75. The molecule has 4 aliphatic rings. The van der Waals surface area contributed by atoms with Crippen LogP contribution in [0.4, 0.5) is 0 Å². The van der Waals surface area contributed by atoms with Crippen molar-refractivity contribution in [3.05, 3.63) is 0 Å². The lowest BCUT2D eigenvalue weighted by atomic mass is 9.43. The fourth-order valence-corrected chi connectivity index (χ4v) is 5.10. The van der Waals surface area contributed by atoms with Crippen LogP contribution < -0.4 is 5.11 Å².